The Morgan fingerprint density at radius 2 is 1.93 bits per heavy atom. The molecular formula is C12H22FN. The summed E-state index contributed by atoms with van der Waals surface area (Å²) >= 11 is 0. The van der Waals surface area contributed by atoms with Crippen molar-refractivity contribution >= 4 is 0 Å². The average molecular weight is 199 g/mol. The van der Waals surface area contributed by atoms with E-state index in [1.54, 1.807) is 0 Å². The Bertz CT molecular complexity index is 187. The summed E-state index contributed by atoms with van der Waals surface area (Å²) in [6.45, 7) is 4.03. The van der Waals surface area contributed by atoms with Gasteiger partial charge < -0.3 is 5.32 Å². The van der Waals surface area contributed by atoms with Gasteiger partial charge in [0.2, 0.25) is 0 Å². The number of hydrogen-bond acceptors (Lipinski definition) is 1. The van der Waals surface area contributed by atoms with Crippen molar-refractivity contribution in [2.75, 3.05) is 13.1 Å². The Hall–Kier alpha value is -0.110. The molecule has 0 spiro atoms. The van der Waals surface area contributed by atoms with Crippen LogP contribution in [0.5, 0.6) is 0 Å². The third-order valence-corrected chi connectivity index (χ3v) is 4.10. The predicted molar refractivity (Wildman–Crippen MR) is 57.1 cm³/mol. The lowest BCUT2D eigenvalue weighted by Gasteiger charge is -2.40. The van der Waals surface area contributed by atoms with Crippen molar-refractivity contribution in [1.29, 1.82) is 0 Å². The third-order valence-electron chi connectivity index (χ3n) is 4.10. The Labute approximate surface area is 86.5 Å². The molecule has 0 amide bonds. The number of alkyl halides is 1. The molecule has 2 heteroatoms. The summed E-state index contributed by atoms with van der Waals surface area (Å²) in [6.07, 6.45) is 6.28. The molecule has 2 atom stereocenters. The van der Waals surface area contributed by atoms with Crippen LogP contribution in [0.4, 0.5) is 4.39 Å². The highest BCUT2D eigenvalue weighted by Crippen LogP contribution is 2.42. The minimum atomic E-state index is -0.833. The molecule has 82 valence electrons. The van der Waals surface area contributed by atoms with E-state index in [0.717, 1.165) is 44.7 Å². The maximum absolute atomic E-state index is 14.6. The summed E-state index contributed by atoms with van der Waals surface area (Å²) in [6, 6.07) is 0. The van der Waals surface area contributed by atoms with Gasteiger partial charge in [0, 0.05) is 0 Å². The normalized spacial score (nSPS) is 38.1. The van der Waals surface area contributed by atoms with Gasteiger partial charge in [-0.15, -0.1) is 0 Å². The maximum atomic E-state index is 14.6. The molecule has 1 nitrogen and oxygen atoms in total. The summed E-state index contributed by atoms with van der Waals surface area (Å²) in [5.41, 5.74) is -0.833. The SMILES string of the molecule is CC1CCCC(C2(F)CCNCC2)C1. The van der Waals surface area contributed by atoms with Crippen molar-refractivity contribution in [1.82, 2.24) is 5.32 Å². The number of piperidine rings is 1. The molecule has 0 aromatic heterocycles. The quantitative estimate of drug-likeness (QED) is 0.684. The molecule has 1 saturated carbocycles. The molecule has 14 heavy (non-hydrogen) atoms. The van der Waals surface area contributed by atoms with E-state index in [1.807, 2.05) is 0 Å². The molecule has 2 fully saturated rings. The highest BCUT2D eigenvalue weighted by atomic mass is 19.1. The molecule has 0 radical (unpaired) electrons. The molecule has 1 aliphatic carbocycles. The zero-order chi connectivity index (χ0) is 10.0. The van der Waals surface area contributed by atoms with Crippen molar-refractivity contribution in [2.24, 2.45) is 11.8 Å². The second-order valence-corrected chi connectivity index (χ2v) is 5.25. The molecule has 1 saturated heterocycles. The second-order valence-electron chi connectivity index (χ2n) is 5.25. The third kappa shape index (κ3) is 2.10. The Kier molecular flexibility index (Phi) is 3.10. The second kappa shape index (κ2) is 4.18. The van der Waals surface area contributed by atoms with Gasteiger partial charge >= 0.3 is 0 Å². The number of nitrogens with one attached hydrogen (secondary N) is 1. The predicted octanol–water partition coefficient (Wildman–Crippen LogP) is 2.90. The fourth-order valence-electron chi connectivity index (χ4n) is 3.15. The van der Waals surface area contributed by atoms with Gasteiger partial charge in [-0.2, -0.15) is 0 Å². The van der Waals surface area contributed by atoms with Crippen LogP contribution in [0.1, 0.15) is 45.4 Å². The van der Waals surface area contributed by atoms with Crippen molar-refractivity contribution in [3.63, 3.8) is 0 Å². The van der Waals surface area contributed by atoms with Gasteiger partial charge in [0.15, 0.2) is 0 Å². The van der Waals surface area contributed by atoms with Gasteiger partial charge in [-0.1, -0.05) is 19.8 Å². The molecule has 1 heterocycles. The maximum Gasteiger partial charge on any atom is 0.116 e. The summed E-state index contributed by atoms with van der Waals surface area (Å²) < 4.78 is 14.6. The molecule has 0 bridgehead atoms. The highest BCUT2D eigenvalue weighted by Gasteiger charge is 2.41. The van der Waals surface area contributed by atoms with Gasteiger partial charge in [0.05, 0.1) is 0 Å². The minimum absolute atomic E-state index is 0.355. The summed E-state index contributed by atoms with van der Waals surface area (Å²) in [7, 11) is 0. The molecule has 0 aromatic rings. The summed E-state index contributed by atoms with van der Waals surface area (Å²) in [5.74, 6) is 1.10. The molecular weight excluding hydrogens is 177 g/mol. The molecule has 1 N–H and O–H groups in total. The van der Waals surface area contributed by atoms with Crippen LogP contribution in [0, 0.1) is 11.8 Å². The summed E-state index contributed by atoms with van der Waals surface area (Å²) in [5, 5.41) is 3.25. The van der Waals surface area contributed by atoms with Gasteiger partial charge in [0.25, 0.3) is 0 Å². The smallest absolute Gasteiger partial charge is 0.116 e. The number of hydrogen-bond donors (Lipinski definition) is 1. The monoisotopic (exact) mass is 199 g/mol. The Morgan fingerprint density at radius 1 is 1.21 bits per heavy atom. The molecule has 1 aliphatic heterocycles. The molecule has 2 aliphatic rings. The van der Waals surface area contributed by atoms with Crippen molar-refractivity contribution in [3.05, 3.63) is 0 Å². The van der Waals surface area contributed by atoms with E-state index in [1.165, 1.54) is 12.8 Å². The minimum Gasteiger partial charge on any atom is -0.316 e. The van der Waals surface area contributed by atoms with Crippen LogP contribution in [0.3, 0.4) is 0 Å². The van der Waals surface area contributed by atoms with Crippen LogP contribution in [0.2, 0.25) is 0 Å². The van der Waals surface area contributed by atoms with Crippen LogP contribution in [0.25, 0.3) is 0 Å². The topological polar surface area (TPSA) is 12.0 Å². The van der Waals surface area contributed by atoms with Crippen molar-refractivity contribution < 1.29 is 4.39 Å². The lowest BCUT2D eigenvalue weighted by Crippen LogP contribution is -2.45. The number of rotatable bonds is 1. The number of halogens is 1. The fourth-order valence-corrected chi connectivity index (χ4v) is 3.15. The van der Waals surface area contributed by atoms with Crippen LogP contribution in [-0.4, -0.2) is 18.8 Å². The molecule has 2 unspecified atom stereocenters. The average Bonchev–Trinajstić information content (AvgIpc) is 2.19. The van der Waals surface area contributed by atoms with Gasteiger partial charge in [-0.3, -0.25) is 0 Å². The van der Waals surface area contributed by atoms with E-state index >= 15 is 0 Å². The zero-order valence-electron chi connectivity index (χ0n) is 9.19. The zero-order valence-corrected chi connectivity index (χ0v) is 9.19. The largest absolute Gasteiger partial charge is 0.316 e. The van der Waals surface area contributed by atoms with Crippen molar-refractivity contribution in [2.45, 2.75) is 51.1 Å². The van der Waals surface area contributed by atoms with E-state index < -0.39 is 5.67 Å². The lowest BCUT2D eigenvalue weighted by atomic mass is 9.71. The first kappa shape index (κ1) is 10.4. The Balaban J connectivity index is 1.97. The molecule has 0 aromatic carbocycles. The van der Waals surface area contributed by atoms with Gasteiger partial charge in [-0.25, -0.2) is 4.39 Å². The summed E-state index contributed by atoms with van der Waals surface area (Å²) in [4.78, 5) is 0. The Morgan fingerprint density at radius 3 is 2.57 bits per heavy atom. The van der Waals surface area contributed by atoms with Crippen molar-refractivity contribution in [3.8, 4) is 0 Å². The molecule has 2 rings (SSSR count). The van der Waals surface area contributed by atoms with Crippen LogP contribution in [0.15, 0.2) is 0 Å². The van der Waals surface area contributed by atoms with E-state index in [-0.39, 0.29) is 0 Å². The van der Waals surface area contributed by atoms with E-state index in [4.69, 9.17) is 0 Å². The van der Waals surface area contributed by atoms with E-state index in [2.05, 4.69) is 12.2 Å². The highest BCUT2D eigenvalue weighted by molar-refractivity contribution is 4.93. The first-order valence-corrected chi connectivity index (χ1v) is 6.10. The van der Waals surface area contributed by atoms with Crippen LogP contribution < -0.4 is 5.32 Å². The van der Waals surface area contributed by atoms with Crippen LogP contribution in [-0.2, 0) is 0 Å². The van der Waals surface area contributed by atoms with Gasteiger partial charge in [-0.05, 0) is 50.6 Å². The van der Waals surface area contributed by atoms with E-state index in [0.29, 0.717) is 5.92 Å². The van der Waals surface area contributed by atoms with E-state index in [9.17, 15) is 4.39 Å². The first-order valence-electron chi connectivity index (χ1n) is 6.10. The van der Waals surface area contributed by atoms with Crippen LogP contribution >= 0.6 is 0 Å². The standard InChI is InChI=1S/C12H22FN/c1-10-3-2-4-11(9-10)12(13)5-7-14-8-6-12/h10-11,14H,2-9H2,1H3. The fraction of sp³-hybridized carbons (Fsp3) is 1.00. The van der Waals surface area contributed by atoms with Gasteiger partial charge in [0.1, 0.15) is 5.67 Å². The first-order chi connectivity index (χ1) is 6.71. The lowest BCUT2D eigenvalue weighted by molar-refractivity contribution is 0.0155.